The number of thioether (sulfide) groups is 1. The number of benzene rings is 2. The monoisotopic (exact) mass is 313 g/mol. The minimum Gasteiger partial charge on any atom is -0.327 e. The van der Waals surface area contributed by atoms with Gasteiger partial charge in [0.1, 0.15) is 0 Å². The van der Waals surface area contributed by atoms with Crippen LogP contribution in [0.1, 0.15) is 11.1 Å². The molecule has 1 nitrogen and oxygen atoms in total. The van der Waals surface area contributed by atoms with E-state index in [1.54, 1.807) is 0 Å². The number of fused-ring (bicyclic) bond motifs is 1. The van der Waals surface area contributed by atoms with Crippen molar-refractivity contribution in [2.75, 3.05) is 5.75 Å². The maximum atomic E-state index is 6.33. The summed E-state index contributed by atoms with van der Waals surface area (Å²) in [6.45, 7) is 2.13. The van der Waals surface area contributed by atoms with E-state index >= 15 is 0 Å². The molecule has 3 heteroatoms. The van der Waals surface area contributed by atoms with Crippen molar-refractivity contribution in [2.24, 2.45) is 5.73 Å². The van der Waals surface area contributed by atoms with Crippen LogP contribution in [0.5, 0.6) is 0 Å². The lowest BCUT2D eigenvalue weighted by Crippen LogP contribution is -2.25. The van der Waals surface area contributed by atoms with Gasteiger partial charge in [-0.15, -0.1) is 23.1 Å². The Morgan fingerprint density at radius 1 is 1.14 bits per heavy atom. The van der Waals surface area contributed by atoms with Gasteiger partial charge in [0.25, 0.3) is 0 Å². The summed E-state index contributed by atoms with van der Waals surface area (Å²) >= 11 is 3.66. The first-order valence-corrected chi connectivity index (χ1v) is 8.99. The molecule has 2 N–H and O–H groups in total. The fourth-order valence-corrected chi connectivity index (χ4v) is 4.38. The highest BCUT2D eigenvalue weighted by molar-refractivity contribution is 7.99. The van der Waals surface area contributed by atoms with Gasteiger partial charge in [-0.25, -0.2) is 0 Å². The van der Waals surface area contributed by atoms with E-state index in [2.05, 4.69) is 60.8 Å². The molecule has 0 aliphatic heterocycles. The summed E-state index contributed by atoms with van der Waals surface area (Å²) in [5, 5.41) is 3.61. The highest BCUT2D eigenvalue weighted by atomic mass is 32.2. The number of hydrogen-bond acceptors (Lipinski definition) is 3. The molecule has 3 aromatic rings. The van der Waals surface area contributed by atoms with Crippen LogP contribution in [-0.2, 0) is 6.42 Å². The molecular weight excluding hydrogens is 294 g/mol. The quantitative estimate of drug-likeness (QED) is 0.680. The van der Waals surface area contributed by atoms with E-state index in [0.717, 1.165) is 12.2 Å². The molecule has 0 saturated carbocycles. The predicted molar refractivity (Wildman–Crippen MR) is 95.4 cm³/mol. The summed E-state index contributed by atoms with van der Waals surface area (Å²) in [6, 6.07) is 17.4. The molecule has 21 heavy (non-hydrogen) atoms. The lowest BCUT2D eigenvalue weighted by atomic mass is 10.1. The Bertz CT molecular complexity index is 733. The van der Waals surface area contributed by atoms with Crippen molar-refractivity contribution in [2.45, 2.75) is 24.3 Å². The number of rotatable bonds is 5. The molecule has 0 aliphatic carbocycles. The largest absolute Gasteiger partial charge is 0.327 e. The van der Waals surface area contributed by atoms with Crippen molar-refractivity contribution in [3.8, 4) is 0 Å². The Balaban J connectivity index is 1.62. The molecule has 1 atom stereocenters. The average Bonchev–Trinajstić information content (AvgIpc) is 2.89. The van der Waals surface area contributed by atoms with Gasteiger partial charge in [0.15, 0.2) is 0 Å². The normalized spacial score (nSPS) is 12.7. The summed E-state index contributed by atoms with van der Waals surface area (Å²) in [5.74, 6) is 0.952. The molecular formula is C18H19NS2. The summed E-state index contributed by atoms with van der Waals surface area (Å²) < 4.78 is 1.35. The van der Waals surface area contributed by atoms with E-state index < -0.39 is 0 Å². The molecule has 1 heterocycles. The van der Waals surface area contributed by atoms with Crippen LogP contribution in [0.2, 0.25) is 0 Å². The smallest absolute Gasteiger partial charge is 0.0345 e. The molecule has 0 saturated heterocycles. The van der Waals surface area contributed by atoms with Crippen molar-refractivity contribution < 1.29 is 0 Å². The molecule has 3 rings (SSSR count). The van der Waals surface area contributed by atoms with E-state index in [1.165, 1.54) is 26.1 Å². The third-order valence-corrected chi connectivity index (χ3v) is 5.69. The van der Waals surface area contributed by atoms with E-state index in [1.807, 2.05) is 23.1 Å². The first-order chi connectivity index (χ1) is 10.2. The van der Waals surface area contributed by atoms with Gasteiger partial charge in [0, 0.05) is 21.4 Å². The van der Waals surface area contributed by atoms with Crippen LogP contribution in [0.25, 0.3) is 10.1 Å². The minimum atomic E-state index is 0.188. The summed E-state index contributed by atoms with van der Waals surface area (Å²) in [4.78, 5) is 1.31. The fraction of sp³-hybridized carbons (Fsp3) is 0.222. The summed E-state index contributed by atoms with van der Waals surface area (Å²) in [5.41, 5.74) is 9.01. The van der Waals surface area contributed by atoms with E-state index in [0.29, 0.717) is 0 Å². The Labute approximate surface area is 134 Å². The number of aryl methyl sites for hydroxylation is 1. The molecule has 108 valence electrons. The Morgan fingerprint density at radius 2 is 2.00 bits per heavy atom. The zero-order valence-corrected chi connectivity index (χ0v) is 13.7. The predicted octanol–water partition coefficient (Wildman–Crippen LogP) is 4.87. The zero-order chi connectivity index (χ0) is 14.7. The van der Waals surface area contributed by atoms with Gasteiger partial charge in [0.05, 0.1) is 0 Å². The van der Waals surface area contributed by atoms with Gasteiger partial charge < -0.3 is 5.73 Å². The number of thiophene rings is 1. The van der Waals surface area contributed by atoms with Crippen LogP contribution in [0.4, 0.5) is 0 Å². The van der Waals surface area contributed by atoms with Crippen LogP contribution >= 0.6 is 23.1 Å². The molecule has 0 radical (unpaired) electrons. The Hall–Kier alpha value is -1.29. The standard InChI is InChI=1S/C18H19NS2/c1-13-5-4-6-16(9-13)20-12-15(19)10-14-11-21-18-8-3-2-7-17(14)18/h2-9,11,15H,10,12,19H2,1H3. The second-order valence-corrected chi connectivity index (χ2v) is 7.35. The Morgan fingerprint density at radius 3 is 2.86 bits per heavy atom. The van der Waals surface area contributed by atoms with Crippen molar-refractivity contribution in [3.05, 3.63) is 65.0 Å². The summed E-state index contributed by atoms with van der Waals surface area (Å²) in [7, 11) is 0. The zero-order valence-electron chi connectivity index (χ0n) is 12.1. The van der Waals surface area contributed by atoms with Gasteiger partial charge in [-0.05, 0) is 47.9 Å². The second kappa shape index (κ2) is 6.65. The van der Waals surface area contributed by atoms with Crippen LogP contribution in [0.15, 0.2) is 58.8 Å². The molecule has 0 aliphatic rings. The first-order valence-electron chi connectivity index (χ1n) is 7.12. The maximum Gasteiger partial charge on any atom is 0.0345 e. The highest BCUT2D eigenvalue weighted by Crippen LogP contribution is 2.27. The molecule has 1 unspecified atom stereocenters. The van der Waals surface area contributed by atoms with Crippen LogP contribution in [-0.4, -0.2) is 11.8 Å². The molecule has 0 spiro atoms. The van der Waals surface area contributed by atoms with Crippen LogP contribution < -0.4 is 5.73 Å². The molecule has 2 aromatic carbocycles. The molecule has 0 amide bonds. The van der Waals surface area contributed by atoms with Crippen molar-refractivity contribution >= 4 is 33.2 Å². The van der Waals surface area contributed by atoms with E-state index in [-0.39, 0.29) is 6.04 Å². The van der Waals surface area contributed by atoms with E-state index in [9.17, 15) is 0 Å². The SMILES string of the molecule is Cc1cccc(SCC(N)Cc2csc3ccccc23)c1. The number of hydrogen-bond donors (Lipinski definition) is 1. The first kappa shape index (κ1) is 14.6. The maximum absolute atomic E-state index is 6.33. The Kier molecular flexibility index (Phi) is 4.63. The average molecular weight is 313 g/mol. The third-order valence-electron chi connectivity index (χ3n) is 3.50. The van der Waals surface area contributed by atoms with Gasteiger partial charge >= 0.3 is 0 Å². The van der Waals surface area contributed by atoms with Gasteiger partial charge in [-0.1, -0.05) is 35.9 Å². The van der Waals surface area contributed by atoms with Crippen molar-refractivity contribution in [3.63, 3.8) is 0 Å². The van der Waals surface area contributed by atoms with Crippen LogP contribution in [0, 0.1) is 6.92 Å². The number of nitrogens with two attached hydrogens (primary N) is 1. The minimum absolute atomic E-state index is 0.188. The molecule has 1 aromatic heterocycles. The van der Waals surface area contributed by atoms with Crippen molar-refractivity contribution in [1.82, 2.24) is 0 Å². The van der Waals surface area contributed by atoms with E-state index in [4.69, 9.17) is 5.73 Å². The topological polar surface area (TPSA) is 26.0 Å². The van der Waals surface area contributed by atoms with Gasteiger partial charge in [-0.3, -0.25) is 0 Å². The van der Waals surface area contributed by atoms with Crippen molar-refractivity contribution in [1.29, 1.82) is 0 Å². The van der Waals surface area contributed by atoms with Gasteiger partial charge in [-0.2, -0.15) is 0 Å². The lowest BCUT2D eigenvalue weighted by Gasteiger charge is -2.11. The van der Waals surface area contributed by atoms with Gasteiger partial charge in [0.2, 0.25) is 0 Å². The third kappa shape index (κ3) is 3.67. The molecule has 0 fully saturated rings. The van der Waals surface area contributed by atoms with Crippen LogP contribution in [0.3, 0.4) is 0 Å². The fourth-order valence-electron chi connectivity index (χ4n) is 2.44. The summed E-state index contributed by atoms with van der Waals surface area (Å²) in [6.07, 6.45) is 0.947. The molecule has 0 bridgehead atoms. The lowest BCUT2D eigenvalue weighted by molar-refractivity contribution is 0.754. The second-order valence-electron chi connectivity index (χ2n) is 5.35. The highest BCUT2D eigenvalue weighted by Gasteiger charge is 2.09.